The largest absolute Gasteiger partial charge is 0.508 e. The number of aromatic hydroxyl groups is 1. The van der Waals surface area contributed by atoms with Crippen LogP contribution in [0.15, 0.2) is 36.9 Å². The summed E-state index contributed by atoms with van der Waals surface area (Å²) in [6, 6.07) is 5.89. The number of phenols is 1. The number of phenolic OH excluding ortho intramolecular Hbond substituents is 1. The Morgan fingerprint density at radius 2 is 2.02 bits per heavy atom. The lowest BCUT2D eigenvalue weighted by Gasteiger charge is -2.51. The summed E-state index contributed by atoms with van der Waals surface area (Å²) in [5.41, 5.74) is -0.578. The highest BCUT2D eigenvalue weighted by molar-refractivity contribution is 5.93. The number of benzene rings is 2. The first-order valence-corrected chi connectivity index (χ1v) is 18.7. The fourth-order valence-electron chi connectivity index (χ4n) is 8.81. The highest BCUT2D eigenvalue weighted by atomic mass is 19.1. The van der Waals surface area contributed by atoms with Crippen LogP contribution in [0.4, 0.5) is 14.6 Å². The Morgan fingerprint density at radius 1 is 1.24 bits per heavy atom. The molecule has 3 fully saturated rings. The highest BCUT2D eigenvalue weighted by Crippen LogP contribution is 2.48. The summed E-state index contributed by atoms with van der Waals surface area (Å²) >= 11 is 0. The maximum Gasteiger partial charge on any atom is 0.322 e. The quantitative estimate of drug-likeness (QED) is 0.208. The molecule has 0 saturated carbocycles. The van der Waals surface area contributed by atoms with Gasteiger partial charge in [-0.25, -0.2) is 8.78 Å². The standard InChI is InChI=1S/C41H49F2N5O6/c1-7-30-32(43)12-11-25-18-29(49)19-31(35(25)30)33-23-52-36-37(46(6)22-28-10-9-15-47(28)34(50)8-2)44-39(45-38(36)54-33)53-24-41(40(3,4)5)20-26(42)21-48(41)27-13-16-51-17-14-27/h1,8,11-12,18-19,26-28,33,49H,2,9-10,13-17,20-24H2,3-6H3/t26-,28+,33?,41+/m1/s1. The number of likely N-dealkylation sites (N-methyl/N-ethyl adjacent to an activating group) is 1. The summed E-state index contributed by atoms with van der Waals surface area (Å²) in [7, 11) is 1.86. The number of amides is 1. The summed E-state index contributed by atoms with van der Waals surface area (Å²) in [4.78, 5) is 28.2. The predicted octanol–water partition coefficient (Wildman–Crippen LogP) is 5.97. The van der Waals surface area contributed by atoms with Gasteiger partial charge in [-0.1, -0.05) is 39.3 Å². The molecule has 7 rings (SSSR count). The van der Waals surface area contributed by atoms with E-state index >= 15 is 4.39 Å². The fourth-order valence-corrected chi connectivity index (χ4v) is 8.81. The summed E-state index contributed by atoms with van der Waals surface area (Å²) in [6.45, 7) is 12.7. The van der Waals surface area contributed by atoms with E-state index in [1.807, 2.05) is 16.8 Å². The number of likely N-dealkylation sites (tertiary alicyclic amines) is 2. The van der Waals surface area contributed by atoms with Gasteiger partial charge >= 0.3 is 6.01 Å². The Labute approximate surface area is 315 Å². The van der Waals surface area contributed by atoms with Crippen LogP contribution in [0.1, 0.15) is 70.1 Å². The molecule has 4 aliphatic rings. The zero-order valence-electron chi connectivity index (χ0n) is 31.4. The van der Waals surface area contributed by atoms with Gasteiger partial charge in [0.05, 0.1) is 11.1 Å². The van der Waals surface area contributed by atoms with Crippen molar-refractivity contribution in [2.45, 2.75) is 82.8 Å². The molecule has 13 heteroatoms. The Bertz CT molecular complexity index is 1960. The molecule has 1 aromatic heterocycles. The Hall–Kier alpha value is -4.67. The summed E-state index contributed by atoms with van der Waals surface area (Å²) in [5, 5.41) is 11.6. The van der Waals surface area contributed by atoms with Crippen molar-refractivity contribution < 1.29 is 37.6 Å². The Balaban J connectivity index is 1.27. The first-order chi connectivity index (χ1) is 25.8. The number of carbonyl (C=O) groups excluding carboxylic acids is 1. The van der Waals surface area contributed by atoms with Crippen LogP contribution >= 0.6 is 0 Å². The van der Waals surface area contributed by atoms with Crippen LogP contribution in [0.25, 0.3) is 10.8 Å². The number of fused-ring (bicyclic) bond motifs is 2. The van der Waals surface area contributed by atoms with Gasteiger partial charge in [0.25, 0.3) is 5.88 Å². The monoisotopic (exact) mass is 745 g/mol. The van der Waals surface area contributed by atoms with Gasteiger partial charge in [-0.2, -0.15) is 9.97 Å². The molecule has 54 heavy (non-hydrogen) atoms. The van der Waals surface area contributed by atoms with Gasteiger partial charge in [0.2, 0.25) is 11.7 Å². The van der Waals surface area contributed by atoms with Crippen molar-refractivity contribution >= 4 is 22.5 Å². The van der Waals surface area contributed by atoms with E-state index in [1.54, 1.807) is 6.07 Å². The number of halogens is 2. The second kappa shape index (κ2) is 14.9. The minimum atomic E-state index is -1.03. The second-order valence-corrected chi connectivity index (χ2v) is 15.9. The van der Waals surface area contributed by atoms with Gasteiger partial charge in [0.1, 0.15) is 31.0 Å². The lowest BCUT2D eigenvalue weighted by molar-refractivity contribution is -0.126. The van der Waals surface area contributed by atoms with Gasteiger partial charge in [-0.15, -0.1) is 6.42 Å². The van der Waals surface area contributed by atoms with E-state index in [0.29, 0.717) is 61.4 Å². The van der Waals surface area contributed by atoms with Crippen molar-refractivity contribution in [2.75, 3.05) is 58.0 Å². The number of hydrogen-bond acceptors (Lipinski definition) is 10. The first kappa shape index (κ1) is 37.6. The molecule has 5 heterocycles. The minimum absolute atomic E-state index is 0.0132. The first-order valence-electron chi connectivity index (χ1n) is 18.7. The average molecular weight is 746 g/mol. The highest BCUT2D eigenvalue weighted by Gasteiger charge is 2.56. The molecule has 1 amide bonds. The van der Waals surface area contributed by atoms with Gasteiger partial charge < -0.3 is 33.9 Å². The number of ether oxygens (including phenoxy) is 4. The number of nitrogens with zero attached hydrogens (tertiary/aromatic N) is 5. The molecule has 3 saturated heterocycles. The third-order valence-corrected chi connectivity index (χ3v) is 11.7. The topological polar surface area (TPSA) is 110 Å². The van der Waals surface area contributed by atoms with Crippen LogP contribution in [-0.4, -0.2) is 108 Å². The van der Waals surface area contributed by atoms with Crippen LogP contribution in [0, 0.1) is 23.6 Å². The molecule has 288 valence electrons. The second-order valence-electron chi connectivity index (χ2n) is 15.9. The summed E-state index contributed by atoms with van der Waals surface area (Å²) < 4.78 is 55.6. The molecule has 0 spiro atoms. The van der Waals surface area contributed by atoms with Crippen LogP contribution < -0.4 is 19.1 Å². The molecule has 0 aliphatic carbocycles. The maximum absolute atomic E-state index is 15.5. The van der Waals surface area contributed by atoms with Crippen molar-refractivity contribution in [3.63, 3.8) is 0 Å². The Morgan fingerprint density at radius 3 is 2.74 bits per heavy atom. The van der Waals surface area contributed by atoms with E-state index in [4.69, 9.17) is 35.3 Å². The molecular formula is C41H49F2N5O6. The van der Waals surface area contributed by atoms with Crippen molar-refractivity contribution in [3.8, 4) is 35.7 Å². The molecule has 2 aromatic carbocycles. The van der Waals surface area contributed by atoms with E-state index in [1.165, 1.54) is 24.3 Å². The Kier molecular flexibility index (Phi) is 10.4. The molecule has 4 atom stereocenters. The molecule has 1 N–H and O–H groups in total. The number of terminal acetylenes is 1. The number of rotatable bonds is 9. The zero-order valence-corrected chi connectivity index (χ0v) is 31.4. The number of alkyl halides is 1. The van der Waals surface area contributed by atoms with Gasteiger partial charge in [0, 0.05) is 69.3 Å². The van der Waals surface area contributed by atoms with E-state index in [9.17, 15) is 14.3 Å². The lowest BCUT2D eigenvalue weighted by Crippen LogP contribution is -2.61. The zero-order chi connectivity index (χ0) is 38.4. The average Bonchev–Trinajstić information content (AvgIpc) is 3.77. The lowest BCUT2D eigenvalue weighted by atomic mass is 9.71. The predicted molar refractivity (Wildman–Crippen MR) is 200 cm³/mol. The third-order valence-electron chi connectivity index (χ3n) is 11.7. The summed E-state index contributed by atoms with van der Waals surface area (Å²) in [5.74, 6) is 2.45. The SMILES string of the molecule is C#Cc1c(F)ccc2cc(O)cc(C3COc4c(nc(OC[C@]5(C(C)(C)C)C[C@@H](F)CN5C5CCOCC5)nc4N(C)C[C@@H]4CCCN4C(=O)C=C)O3)c12. The van der Waals surface area contributed by atoms with E-state index in [0.717, 1.165) is 25.7 Å². The molecule has 11 nitrogen and oxygen atoms in total. The molecule has 3 aromatic rings. The van der Waals surface area contributed by atoms with E-state index < -0.39 is 23.6 Å². The van der Waals surface area contributed by atoms with Gasteiger partial charge in [0.15, 0.2) is 11.9 Å². The van der Waals surface area contributed by atoms with Crippen molar-refractivity contribution in [3.05, 3.63) is 53.9 Å². The molecule has 1 unspecified atom stereocenters. The smallest absolute Gasteiger partial charge is 0.322 e. The normalized spacial score (nSPS) is 24.8. The number of aromatic nitrogens is 2. The fraction of sp³-hybridized carbons (Fsp3) is 0.537. The van der Waals surface area contributed by atoms with Gasteiger partial charge in [-0.05, 0) is 60.8 Å². The maximum atomic E-state index is 15.5. The van der Waals surface area contributed by atoms with Gasteiger partial charge in [-0.3, -0.25) is 9.69 Å². The minimum Gasteiger partial charge on any atom is -0.508 e. The van der Waals surface area contributed by atoms with Crippen molar-refractivity contribution in [1.82, 2.24) is 19.8 Å². The molecular weight excluding hydrogens is 696 g/mol. The number of anilines is 1. The summed E-state index contributed by atoms with van der Waals surface area (Å²) in [6.07, 6.45) is 8.81. The molecule has 0 bridgehead atoms. The van der Waals surface area contributed by atoms with E-state index in [2.05, 4.69) is 38.2 Å². The van der Waals surface area contributed by atoms with Crippen LogP contribution in [0.2, 0.25) is 0 Å². The third kappa shape index (κ3) is 6.90. The number of hydrogen-bond donors (Lipinski definition) is 1. The van der Waals surface area contributed by atoms with Crippen molar-refractivity contribution in [1.29, 1.82) is 0 Å². The van der Waals surface area contributed by atoms with Crippen molar-refractivity contribution in [2.24, 2.45) is 5.41 Å². The van der Waals surface area contributed by atoms with E-state index in [-0.39, 0.29) is 65.6 Å². The van der Waals surface area contributed by atoms with Crippen LogP contribution in [0.3, 0.4) is 0 Å². The van der Waals surface area contributed by atoms with Crippen LogP contribution in [-0.2, 0) is 9.53 Å². The van der Waals surface area contributed by atoms with Crippen LogP contribution in [0.5, 0.6) is 23.4 Å². The number of carbonyl (C=O) groups is 1. The molecule has 0 radical (unpaired) electrons. The molecule has 4 aliphatic heterocycles.